The Morgan fingerprint density at radius 2 is 2.05 bits per heavy atom. The monoisotopic (exact) mass is 299 g/mol. The lowest BCUT2D eigenvalue weighted by Crippen LogP contribution is -2.41. The maximum atomic E-state index is 12.2. The Balaban J connectivity index is 1.72. The quantitative estimate of drug-likeness (QED) is 0.905. The molecular weight excluding hydrogens is 280 g/mol. The average molecular weight is 299 g/mol. The molecule has 0 saturated heterocycles. The zero-order valence-electron chi connectivity index (χ0n) is 11.6. The van der Waals surface area contributed by atoms with E-state index in [-0.39, 0.29) is 12.6 Å². The summed E-state index contributed by atoms with van der Waals surface area (Å²) in [5, 5.41) is 2.71. The molecule has 1 aliphatic carbocycles. The number of alkyl carbamates (subject to hydrolysis) is 1. The number of ether oxygens (including phenoxy) is 2. The molecular formula is C15H19F2NO3. The summed E-state index contributed by atoms with van der Waals surface area (Å²) in [7, 11) is 0. The molecule has 0 aromatic heterocycles. The second kappa shape index (κ2) is 7.93. The molecule has 116 valence electrons. The van der Waals surface area contributed by atoms with Crippen molar-refractivity contribution >= 4 is 6.09 Å². The number of carbonyl (C=O) groups excluding carboxylic acids is 1. The molecule has 2 rings (SSSR count). The zero-order chi connectivity index (χ0) is 15.1. The number of halogens is 2. The van der Waals surface area contributed by atoms with Gasteiger partial charge < -0.3 is 14.8 Å². The van der Waals surface area contributed by atoms with Crippen LogP contribution in [0.2, 0.25) is 0 Å². The van der Waals surface area contributed by atoms with Gasteiger partial charge in [0.15, 0.2) is 0 Å². The normalized spacial score (nSPS) is 22.0. The first-order valence-corrected chi connectivity index (χ1v) is 7.04. The van der Waals surface area contributed by atoms with Crippen LogP contribution in [0.3, 0.4) is 0 Å². The SMILES string of the molecule is O=C(NC1CCCC(OC(F)F)C1)OCc1ccccc1. The Kier molecular flexibility index (Phi) is 5.92. The Morgan fingerprint density at radius 3 is 2.76 bits per heavy atom. The van der Waals surface area contributed by atoms with Crippen molar-refractivity contribution in [2.24, 2.45) is 0 Å². The van der Waals surface area contributed by atoms with Crippen molar-refractivity contribution in [2.45, 2.75) is 51.0 Å². The molecule has 1 N–H and O–H groups in total. The highest BCUT2D eigenvalue weighted by atomic mass is 19.3. The number of benzene rings is 1. The molecule has 21 heavy (non-hydrogen) atoms. The summed E-state index contributed by atoms with van der Waals surface area (Å²) >= 11 is 0. The summed E-state index contributed by atoms with van der Waals surface area (Å²) in [5.74, 6) is 0. The summed E-state index contributed by atoms with van der Waals surface area (Å²) < 4.78 is 34.0. The second-order valence-corrected chi connectivity index (χ2v) is 5.09. The van der Waals surface area contributed by atoms with Gasteiger partial charge in [0, 0.05) is 6.04 Å². The fraction of sp³-hybridized carbons (Fsp3) is 0.533. The standard InChI is InChI=1S/C15H19F2NO3/c16-14(17)21-13-8-4-7-12(9-13)18-15(19)20-10-11-5-2-1-3-6-11/h1-3,5-6,12-14H,4,7-10H2,(H,18,19). The molecule has 0 aliphatic heterocycles. The van der Waals surface area contributed by atoms with Gasteiger partial charge in [-0.25, -0.2) is 4.79 Å². The summed E-state index contributed by atoms with van der Waals surface area (Å²) in [6.07, 6.45) is 1.47. The third-order valence-electron chi connectivity index (χ3n) is 3.46. The van der Waals surface area contributed by atoms with Crippen LogP contribution in [0, 0.1) is 0 Å². The summed E-state index contributed by atoms with van der Waals surface area (Å²) in [4.78, 5) is 11.7. The van der Waals surface area contributed by atoms with Crippen LogP contribution in [0.5, 0.6) is 0 Å². The first-order chi connectivity index (χ1) is 10.1. The van der Waals surface area contributed by atoms with E-state index in [1.54, 1.807) is 0 Å². The van der Waals surface area contributed by atoms with Crippen LogP contribution in [0.4, 0.5) is 13.6 Å². The van der Waals surface area contributed by atoms with E-state index in [1.165, 1.54) is 0 Å². The van der Waals surface area contributed by atoms with Crippen molar-refractivity contribution in [2.75, 3.05) is 0 Å². The number of carbonyl (C=O) groups is 1. The van der Waals surface area contributed by atoms with E-state index in [2.05, 4.69) is 10.1 Å². The molecule has 0 spiro atoms. The zero-order valence-corrected chi connectivity index (χ0v) is 11.6. The van der Waals surface area contributed by atoms with Crippen LogP contribution >= 0.6 is 0 Å². The van der Waals surface area contributed by atoms with Gasteiger partial charge in [-0.05, 0) is 31.2 Å². The minimum Gasteiger partial charge on any atom is -0.445 e. The molecule has 1 amide bonds. The number of amides is 1. The molecule has 4 nitrogen and oxygen atoms in total. The molecule has 0 bridgehead atoms. The number of nitrogens with one attached hydrogen (secondary N) is 1. The van der Waals surface area contributed by atoms with Crippen molar-refractivity contribution in [3.05, 3.63) is 35.9 Å². The first-order valence-electron chi connectivity index (χ1n) is 7.04. The molecule has 1 aliphatic rings. The van der Waals surface area contributed by atoms with E-state index < -0.39 is 18.8 Å². The van der Waals surface area contributed by atoms with E-state index in [9.17, 15) is 13.6 Å². The van der Waals surface area contributed by atoms with Gasteiger partial charge in [-0.15, -0.1) is 0 Å². The predicted octanol–water partition coefficient (Wildman–Crippen LogP) is 3.46. The maximum Gasteiger partial charge on any atom is 0.407 e. The number of hydrogen-bond acceptors (Lipinski definition) is 3. The molecule has 0 radical (unpaired) electrons. The van der Waals surface area contributed by atoms with Crippen molar-refractivity contribution in [3.63, 3.8) is 0 Å². The third-order valence-corrected chi connectivity index (χ3v) is 3.46. The minimum atomic E-state index is -2.77. The summed E-state index contributed by atoms with van der Waals surface area (Å²) in [6.45, 7) is -2.57. The Hall–Kier alpha value is -1.69. The van der Waals surface area contributed by atoms with Crippen molar-refractivity contribution < 1.29 is 23.0 Å². The Bertz CT molecular complexity index is 442. The van der Waals surface area contributed by atoms with Crippen molar-refractivity contribution in [1.29, 1.82) is 0 Å². The largest absolute Gasteiger partial charge is 0.445 e. The first kappa shape index (κ1) is 15.7. The lowest BCUT2D eigenvalue weighted by molar-refractivity contribution is -0.170. The van der Waals surface area contributed by atoms with Gasteiger partial charge in [-0.2, -0.15) is 8.78 Å². The average Bonchev–Trinajstić information content (AvgIpc) is 2.46. The van der Waals surface area contributed by atoms with E-state index in [4.69, 9.17) is 4.74 Å². The van der Waals surface area contributed by atoms with Crippen LogP contribution in [-0.2, 0) is 16.1 Å². The number of hydrogen-bond donors (Lipinski definition) is 1. The van der Waals surface area contributed by atoms with E-state index in [0.717, 1.165) is 18.4 Å². The lowest BCUT2D eigenvalue weighted by atomic mass is 9.93. The highest BCUT2D eigenvalue weighted by Crippen LogP contribution is 2.23. The molecule has 2 unspecified atom stereocenters. The molecule has 1 saturated carbocycles. The van der Waals surface area contributed by atoms with Gasteiger partial charge in [0.05, 0.1) is 6.10 Å². The van der Waals surface area contributed by atoms with Crippen LogP contribution in [-0.4, -0.2) is 24.9 Å². The Morgan fingerprint density at radius 1 is 1.29 bits per heavy atom. The van der Waals surface area contributed by atoms with Gasteiger partial charge in [-0.1, -0.05) is 30.3 Å². The van der Waals surface area contributed by atoms with Gasteiger partial charge >= 0.3 is 12.7 Å². The van der Waals surface area contributed by atoms with E-state index in [1.807, 2.05) is 30.3 Å². The van der Waals surface area contributed by atoms with Crippen LogP contribution in [0.1, 0.15) is 31.2 Å². The topological polar surface area (TPSA) is 47.6 Å². The van der Waals surface area contributed by atoms with Crippen LogP contribution < -0.4 is 5.32 Å². The third kappa shape index (κ3) is 5.67. The van der Waals surface area contributed by atoms with Gasteiger partial charge in [0.25, 0.3) is 0 Å². The molecule has 2 atom stereocenters. The van der Waals surface area contributed by atoms with E-state index >= 15 is 0 Å². The minimum absolute atomic E-state index is 0.175. The maximum absolute atomic E-state index is 12.2. The highest BCUT2D eigenvalue weighted by molar-refractivity contribution is 5.67. The molecule has 1 aromatic rings. The molecule has 6 heteroatoms. The lowest BCUT2D eigenvalue weighted by Gasteiger charge is -2.29. The fourth-order valence-electron chi connectivity index (χ4n) is 2.48. The summed E-state index contributed by atoms with van der Waals surface area (Å²) in [6, 6.07) is 9.16. The van der Waals surface area contributed by atoms with Crippen LogP contribution in [0.25, 0.3) is 0 Å². The molecule has 0 heterocycles. The highest BCUT2D eigenvalue weighted by Gasteiger charge is 2.26. The van der Waals surface area contributed by atoms with Crippen molar-refractivity contribution in [1.82, 2.24) is 5.32 Å². The predicted molar refractivity (Wildman–Crippen MR) is 72.9 cm³/mol. The Labute approximate surface area is 122 Å². The smallest absolute Gasteiger partial charge is 0.407 e. The number of rotatable bonds is 5. The van der Waals surface area contributed by atoms with Crippen LogP contribution in [0.15, 0.2) is 30.3 Å². The van der Waals surface area contributed by atoms with Crippen molar-refractivity contribution in [3.8, 4) is 0 Å². The second-order valence-electron chi connectivity index (χ2n) is 5.09. The fourth-order valence-corrected chi connectivity index (χ4v) is 2.48. The van der Waals surface area contributed by atoms with Gasteiger partial charge in [0.1, 0.15) is 6.61 Å². The molecule has 1 aromatic carbocycles. The van der Waals surface area contributed by atoms with Gasteiger partial charge in [0.2, 0.25) is 0 Å². The van der Waals surface area contributed by atoms with Gasteiger partial charge in [-0.3, -0.25) is 0 Å². The van der Waals surface area contributed by atoms with E-state index in [0.29, 0.717) is 12.8 Å². The molecule has 1 fully saturated rings. The number of alkyl halides is 2. The summed E-state index contributed by atoms with van der Waals surface area (Å²) in [5.41, 5.74) is 0.898.